The molecule has 1 saturated carbocycles. The number of nitrogens with zero attached hydrogens (tertiary/aromatic N) is 4. The van der Waals surface area contributed by atoms with Crippen molar-refractivity contribution >= 4 is 42.6 Å². The molecule has 1 aliphatic carbocycles. The molecule has 4 N–H and O–H groups in total. The van der Waals surface area contributed by atoms with Crippen LogP contribution < -0.4 is 10.5 Å². The molecule has 13 nitrogen and oxygen atoms in total. The Morgan fingerprint density at radius 3 is 2.51 bits per heavy atom. The number of nitrogen functional groups attached to an aromatic ring is 1. The van der Waals surface area contributed by atoms with Crippen LogP contribution in [0.3, 0.4) is 0 Å². The van der Waals surface area contributed by atoms with Gasteiger partial charge in [0, 0.05) is 4.90 Å². The lowest BCUT2D eigenvalue weighted by molar-refractivity contribution is -0.0623. The smallest absolute Gasteiger partial charge is 0.497 e. The number of rotatable bonds is 10. The topological polar surface area (TPSA) is 181 Å². The summed E-state index contributed by atoms with van der Waals surface area (Å²) >= 11 is 1.37. The Bertz CT molecular complexity index is 1390. The minimum atomic E-state index is -4.80. The lowest BCUT2D eigenvalue weighted by Crippen LogP contribution is -2.34. The van der Waals surface area contributed by atoms with Crippen molar-refractivity contribution in [1.29, 1.82) is 0 Å². The predicted molar refractivity (Wildman–Crippen MR) is 142 cm³/mol. The average molecular weight is 582 g/mol. The molecule has 39 heavy (non-hydrogen) atoms. The van der Waals surface area contributed by atoms with E-state index in [0.29, 0.717) is 22.6 Å². The fourth-order valence-electron chi connectivity index (χ4n) is 3.94. The molecule has 0 bridgehead atoms. The van der Waals surface area contributed by atoms with Crippen molar-refractivity contribution in [2.24, 2.45) is 5.92 Å². The highest BCUT2D eigenvalue weighted by Crippen LogP contribution is 2.54. The minimum absolute atomic E-state index is 0.0437. The summed E-state index contributed by atoms with van der Waals surface area (Å²) in [6, 6.07) is 7.45. The van der Waals surface area contributed by atoms with E-state index in [0.717, 1.165) is 10.6 Å². The van der Waals surface area contributed by atoms with Crippen molar-refractivity contribution in [3.8, 4) is 5.75 Å². The van der Waals surface area contributed by atoms with Gasteiger partial charge in [-0.05, 0) is 57.4 Å². The molecule has 4 rings (SSSR count). The van der Waals surface area contributed by atoms with E-state index in [9.17, 15) is 19.1 Å². The Hall–Kier alpha value is -2.90. The first-order valence-electron chi connectivity index (χ1n) is 12.1. The fourth-order valence-corrected chi connectivity index (χ4v) is 5.43. The van der Waals surface area contributed by atoms with E-state index in [1.54, 1.807) is 38.8 Å². The average Bonchev–Trinajstić information content (AvgIpc) is 3.27. The molecule has 0 amide bonds. The lowest BCUT2D eigenvalue weighted by Gasteiger charge is -2.27. The number of nitrogens with two attached hydrogens (primary N) is 1. The molecule has 212 valence electrons. The van der Waals surface area contributed by atoms with Crippen molar-refractivity contribution in [1.82, 2.24) is 19.5 Å². The number of aromatic nitrogens is 4. The van der Waals surface area contributed by atoms with Crippen molar-refractivity contribution < 1.29 is 38.1 Å². The first-order valence-corrected chi connectivity index (χ1v) is 14.6. The van der Waals surface area contributed by atoms with Gasteiger partial charge in [0.1, 0.15) is 28.5 Å². The Labute approximate surface area is 229 Å². The van der Waals surface area contributed by atoms with Gasteiger partial charge < -0.3 is 39.0 Å². The summed E-state index contributed by atoms with van der Waals surface area (Å²) in [6.07, 6.45) is 1.04. The molecule has 3 aromatic rings. The molecule has 3 unspecified atom stereocenters. The van der Waals surface area contributed by atoms with Crippen LogP contribution in [0.15, 0.2) is 40.5 Å². The molecular formula is C24H32N5O8PS. The molecular weight excluding hydrogens is 549 g/mol. The lowest BCUT2D eigenvalue weighted by atomic mass is 10.2. The number of carbonyl (C=O) groups is 1. The van der Waals surface area contributed by atoms with Gasteiger partial charge in [0.25, 0.3) is 0 Å². The number of imidazole rings is 1. The molecule has 1 fully saturated rings. The summed E-state index contributed by atoms with van der Waals surface area (Å²) in [5, 5.41) is 0.555. The normalized spacial score (nSPS) is 20.0. The molecule has 1 aromatic carbocycles. The molecule has 3 atom stereocenters. The highest BCUT2D eigenvalue weighted by molar-refractivity contribution is 7.99. The van der Waals surface area contributed by atoms with Crippen molar-refractivity contribution in [2.75, 3.05) is 19.5 Å². The third-order valence-corrected chi connectivity index (χ3v) is 8.02. The molecule has 0 spiro atoms. The van der Waals surface area contributed by atoms with Crippen molar-refractivity contribution in [2.45, 2.75) is 67.6 Å². The van der Waals surface area contributed by atoms with Crippen LogP contribution in [0.4, 0.5) is 10.7 Å². The number of hydrogen-bond acceptors (Lipinski definition) is 11. The van der Waals surface area contributed by atoms with Crippen LogP contribution in [-0.2, 0) is 25.3 Å². The Kier molecular flexibility index (Phi) is 8.16. The maximum absolute atomic E-state index is 12.2. The van der Waals surface area contributed by atoms with Crippen molar-refractivity contribution in [3.63, 3.8) is 0 Å². The second-order valence-corrected chi connectivity index (χ2v) is 13.1. The Morgan fingerprint density at radius 1 is 1.28 bits per heavy atom. The number of benzene rings is 1. The zero-order valence-electron chi connectivity index (χ0n) is 22.2. The van der Waals surface area contributed by atoms with Crippen LogP contribution >= 0.6 is 19.4 Å². The van der Waals surface area contributed by atoms with E-state index < -0.39 is 37.4 Å². The van der Waals surface area contributed by atoms with Gasteiger partial charge in [-0.1, -0.05) is 18.7 Å². The zero-order chi connectivity index (χ0) is 28.6. The molecule has 2 heterocycles. The number of carbonyl (C=O) groups excluding carboxylic acids is 1. The van der Waals surface area contributed by atoms with E-state index in [1.165, 1.54) is 11.8 Å². The maximum Gasteiger partial charge on any atom is 0.508 e. The second kappa shape index (κ2) is 10.9. The largest absolute Gasteiger partial charge is 0.508 e. The van der Waals surface area contributed by atoms with E-state index in [-0.39, 0.29) is 18.4 Å². The molecule has 2 aromatic heterocycles. The van der Waals surface area contributed by atoms with E-state index >= 15 is 0 Å². The third kappa shape index (κ3) is 7.20. The van der Waals surface area contributed by atoms with Crippen LogP contribution in [0.2, 0.25) is 0 Å². The summed E-state index contributed by atoms with van der Waals surface area (Å²) in [6.45, 7) is 6.38. The number of hydrogen-bond donors (Lipinski definition) is 3. The monoisotopic (exact) mass is 581 g/mol. The SMILES string of the molecule is COc1ccc(Sc2nc(N)nc3c2ncn3CC2(OC(COC(=O)OC(C)(C)C)P(=O)(O)O)CC2C)cc1. The van der Waals surface area contributed by atoms with Crippen LogP contribution in [0.5, 0.6) is 5.75 Å². The number of anilines is 1. The van der Waals surface area contributed by atoms with Gasteiger partial charge in [-0.2, -0.15) is 4.98 Å². The molecule has 1 aliphatic rings. The summed E-state index contributed by atoms with van der Waals surface area (Å²) in [7, 11) is -3.21. The van der Waals surface area contributed by atoms with Crippen LogP contribution in [-0.4, -0.2) is 66.2 Å². The highest BCUT2D eigenvalue weighted by Gasteiger charge is 2.56. The molecule has 0 aliphatic heterocycles. The van der Waals surface area contributed by atoms with E-state index in [1.807, 2.05) is 31.2 Å². The number of fused-ring (bicyclic) bond motifs is 1. The van der Waals surface area contributed by atoms with Gasteiger partial charge in [0.05, 0.1) is 25.6 Å². The summed E-state index contributed by atoms with van der Waals surface area (Å²) in [5.74, 6) is -0.939. The van der Waals surface area contributed by atoms with Crippen LogP contribution in [0.1, 0.15) is 34.1 Å². The van der Waals surface area contributed by atoms with Gasteiger partial charge in [0.15, 0.2) is 11.5 Å². The van der Waals surface area contributed by atoms with Gasteiger partial charge in [-0.15, -0.1) is 0 Å². The fraction of sp³-hybridized carbons (Fsp3) is 0.500. The predicted octanol–water partition coefficient (Wildman–Crippen LogP) is 3.82. The Balaban J connectivity index is 1.54. The summed E-state index contributed by atoms with van der Waals surface area (Å²) in [5.41, 5.74) is 5.23. The first-order chi connectivity index (χ1) is 18.2. The molecule has 0 saturated heterocycles. The van der Waals surface area contributed by atoms with Crippen LogP contribution in [0.25, 0.3) is 11.2 Å². The van der Waals surface area contributed by atoms with E-state index in [2.05, 4.69) is 15.0 Å². The van der Waals surface area contributed by atoms with Gasteiger partial charge in [-0.3, -0.25) is 4.57 Å². The molecule has 15 heteroatoms. The quantitative estimate of drug-likeness (QED) is 0.179. The summed E-state index contributed by atoms with van der Waals surface area (Å²) in [4.78, 5) is 45.9. The van der Waals surface area contributed by atoms with Gasteiger partial charge >= 0.3 is 13.8 Å². The van der Waals surface area contributed by atoms with Gasteiger partial charge in [0.2, 0.25) is 5.95 Å². The number of ether oxygens (including phenoxy) is 4. The first kappa shape index (κ1) is 29.1. The van der Waals surface area contributed by atoms with Crippen LogP contribution in [0, 0.1) is 5.92 Å². The maximum atomic E-state index is 12.2. The van der Waals surface area contributed by atoms with Gasteiger partial charge in [-0.25, -0.2) is 14.8 Å². The highest BCUT2D eigenvalue weighted by atomic mass is 32.2. The van der Waals surface area contributed by atoms with Crippen molar-refractivity contribution in [3.05, 3.63) is 30.6 Å². The zero-order valence-corrected chi connectivity index (χ0v) is 23.9. The van der Waals surface area contributed by atoms with E-state index in [4.69, 9.17) is 24.7 Å². The Morgan fingerprint density at radius 2 is 1.95 bits per heavy atom. The number of methoxy groups -OCH3 is 1. The minimum Gasteiger partial charge on any atom is -0.497 e. The standard InChI is InChI=1S/C24H32N5O8PS/c1-14-10-24(14,36-17(38(31,32)33)11-35-22(30)37-23(2,3)4)12-29-13-26-18-19(29)27-21(25)28-20(18)39-16-8-6-15(34-5)7-9-16/h6-9,13-14,17H,10-12H2,1-5H3,(H2,25,27,28)(H2,31,32,33). The third-order valence-electron chi connectivity index (χ3n) is 6.03. The second-order valence-electron chi connectivity index (χ2n) is 10.3. The summed E-state index contributed by atoms with van der Waals surface area (Å²) < 4.78 is 35.2. The molecule has 0 radical (unpaired) electrons.